The van der Waals surface area contributed by atoms with Crippen molar-refractivity contribution >= 4 is 11.6 Å². The minimum Gasteiger partial charge on any atom is -0.300 e. The number of aryl methyl sites for hydroxylation is 1. The molecule has 0 aromatic carbocycles. The van der Waals surface area contributed by atoms with Gasteiger partial charge in [-0.05, 0) is 31.9 Å². The molecule has 15 heavy (non-hydrogen) atoms. The van der Waals surface area contributed by atoms with Crippen LogP contribution >= 0.6 is 0 Å². The fourth-order valence-corrected chi connectivity index (χ4v) is 1.39. The van der Waals surface area contributed by atoms with Gasteiger partial charge in [-0.3, -0.25) is 9.78 Å². The smallest absolute Gasteiger partial charge is 0.164 e. The zero-order chi connectivity index (χ0) is 11.3. The minimum absolute atomic E-state index is 0.0712. The fraction of sp³-hybridized carbons (Fsp3) is 0.417. The Morgan fingerprint density at radius 1 is 1.33 bits per heavy atom. The first-order chi connectivity index (χ1) is 7.11. The molecule has 0 saturated heterocycles. The van der Waals surface area contributed by atoms with Crippen LogP contribution in [0.3, 0.4) is 0 Å². The van der Waals surface area contributed by atoms with Crippen LogP contribution in [0.25, 0.3) is 0 Å². The van der Waals surface area contributed by atoms with Crippen molar-refractivity contribution in [2.24, 2.45) is 0 Å². The van der Waals surface area contributed by atoms with Gasteiger partial charge in [-0.2, -0.15) is 0 Å². The van der Waals surface area contributed by atoms with E-state index in [1.807, 2.05) is 13.0 Å². The highest BCUT2D eigenvalue weighted by atomic mass is 16.1. The van der Waals surface area contributed by atoms with Crippen molar-refractivity contribution in [2.75, 3.05) is 0 Å². The maximum atomic E-state index is 11.7. The first-order valence-corrected chi connectivity index (χ1v) is 5.04. The quantitative estimate of drug-likeness (QED) is 0.693. The van der Waals surface area contributed by atoms with Gasteiger partial charge in [-0.25, -0.2) is 0 Å². The number of nitrogens with zero attached hydrogens (tertiary/aromatic N) is 1. The second-order valence-corrected chi connectivity index (χ2v) is 3.67. The minimum atomic E-state index is 0.0712. The molecule has 80 valence electrons. The molecular weight excluding hydrogens is 190 g/mol. The number of Topliss-reactive ketones (excluding diaryl/α,β-unsaturated/α-hetero) is 2. The van der Waals surface area contributed by atoms with Crippen molar-refractivity contribution in [3.8, 4) is 0 Å². The Hall–Kier alpha value is -1.51. The molecule has 1 aromatic heterocycles. The maximum Gasteiger partial charge on any atom is 0.164 e. The third kappa shape index (κ3) is 3.62. The topological polar surface area (TPSA) is 47.0 Å². The standard InChI is InChI=1S/C12H15NO2/c1-9-6-7-13-8-11(9)12(15)5-3-4-10(2)14/h6-8H,3-5H2,1-2H3. The van der Waals surface area contributed by atoms with E-state index in [4.69, 9.17) is 0 Å². The molecular formula is C12H15NO2. The van der Waals surface area contributed by atoms with Crippen LogP contribution in [0.5, 0.6) is 0 Å². The summed E-state index contributed by atoms with van der Waals surface area (Å²) < 4.78 is 0. The van der Waals surface area contributed by atoms with Crippen LogP contribution in [-0.4, -0.2) is 16.6 Å². The Kier molecular flexibility index (Phi) is 4.16. The second kappa shape index (κ2) is 5.39. The maximum absolute atomic E-state index is 11.7. The predicted molar refractivity (Wildman–Crippen MR) is 57.8 cm³/mol. The summed E-state index contributed by atoms with van der Waals surface area (Å²) in [4.78, 5) is 26.3. The van der Waals surface area contributed by atoms with E-state index in [2.05, 4.69) is 4.98 Å². The van der Waals surface area contributed by atoms with Gasteiger partial charge < -0.3 is 4.79 Å². The van der Waals surface area contributed by atoms with Gasteiger partial charge in [0.15, 0.2) is 5.78 Å². The first-order valence-electron chi connectivity index (χ1n) is 5.04. The van der Waals surface area contributed by atoms with Gasteiger partial charge >= 0.3 is 0 Å². The van der Waals surface area contributed by atoms with Crippen LogP contribution < -0.4 is 0 Å². The predicted octanol–water partition coefficient (Wildman–Crippen LogP) is 2.33. The van der Waals surface area contributed by atoms with Gasteiger partial charge in [-0.15, -0.1) is 0 Å². The molecule has 0 aliphatic rings. The summed E-state index contributed by atoms with van der Waals surface area (Å²) in [6, 6.07) is 1.82. The lowest BCUT2D eigenvalue weighted by atomic mass is 10.0. The summed E-state index contributed by atoms with van der Waals surface area (Å²) in [6.07, 6.45) is 4.78. The van der Waals surface area contributed by atoms with Gasteiger partial charge in [-0.1, -0.05) is 0 Å². The highest BCUT2D eigenvalue weighted by Crippen LogP contribution is 2.10. The number of rotatable bonds is 5. The highest BCUT2D eigenvalue weighted by Gasteiger charge is 2.08. The largest absolute Gasteiger partial charge is 0.300 e. The van der Waals surface area contributed by atoms with Crippen LogP contribution in [0.2, 0.25) is 0 Å². The second-order valence-electron chi connectivity index (χ2n) is 3.67. The Morgan fingerprint density at radius 3 is 2.67 bits per heavy atom. The van der Waals surface area contributed by atoms with E-state index in [9.17, 15) is 9.59 Å². The number of hydrogen-bond acceptors (Lipinski definition) is 3. The summed E-state index contributed by atoms with van der Waals surface area (Å²) in [5, 5.41) is 0. The summed E-state index contributed by atoms with van der Waals surface area (Å²) in [5.74, 6) is 0.201. The molecule has 0 aliphatic heterocycles. The molecule has 0 fully saturated rings. The van der Waals surface area contributed by atoms with E-state index in [1.54, 1.807) is 19.3 Å². The van der Waals surface area contributed by atoms with Crippen LogP contribution in [0, 0.1) is 6.92 Å². The van der Waals surface area contributed by atoms with Gasteiger partial charge in [0, 0.05) is 30.8 Å². The van der Waals surface area contributed by atoms with Crippen molar-refractivity contribution in [3.05, 3.63) is 29.6 Å². The van der Waals surface area contributed by atoms with Gasteiger partial charge in [0.25, 0.3) is 0 Å². The Bertz CT molecular complexity index is 372. The highest BCUT2D eigenvalue weighted by molar-refractivity contribution is 5.97. The molecule has 0 bridgehead atoms. The zero-order valence-corrected chi connectivity index (χ0v) is 9.12. The number of pyridine rings is 1. The van der Waals surface area contributed by atoms with Crippen molar-refractivity contribution in [1.82, 2.24) is 4.98 Å². The van der Waals surface area contributed by atoms with Crippen molar-refractivity contribution in [1.29, 1.82) is 0 Å². The monoisotopic (exact) mass is 205 g/mol. The van der Waals surface area contributed by atoms with Crippen LogP contribution in [0.4, 0.5) is 0 Å². The number of carbonyl (C=O) groups is 2. The number of ketones is 2. The molecule has 0 atom stereocenters. The molecule has 1 aromatic rings. The van der Waals surface area contributed by atoms with Crippen molar-refractivity contribution in [3.63, 3.8) is 0 Å². The SMILES string of the molecule is CC(=O)CCCC(=O)c1cnccc1C. The van der Waals surface area contributed by atoms with Crippen LogP contribution in [-0.2, 0) is 4.79 Å². The average molecular weight is 205 g/mol. The molecule has 0 N–H and O–H groups in total. The van der Waals surface area contributed by atoms with Crippen LogP contribution in [0.15, 0.2) is 18.5 Å². The van der Waals surface area contributed by atoms with E-state index in [0.29, 0.717) is 24.8 Å². The lowest BCUT2D eigenvalue weighted by Crippen LogP contribution is -2.03. The third-order valence-electron chi connectivity index (χ3n) is 2.27. The molecule has 3 nitrogen and oxygen atoms in total. The van der Waals surface area contributed by atoms with Gasteiger partial charge in [0.05, 0.1) is 0 Å². The number of carbonyl (C=O) groups excluding carboxylic acids is 2. The molecule has 0 amide bonds. The van der Waals surface area contributed by atoms with E-state index in [1.165, 1.54) is 0 Å². The lowest BCUT2D eigenvalue weighted by molar-refractivity contribution is -0.117. The molecule has 0 spiro atoms. The molecule has 0 aliphatic carbocycles. The van der Waals surface area contributed by atoms with E-state index >= 15 is 0 Å². The van der Waals surface area contributed by atoms with Gasteiger partial charge in [0.2, 0.25) is 0 Å². The van der Waals surface area contributed by atoms with Crippen molar-refractivity contribution < 1.29 is 9.59 Å². The summed E-state index contributed by atoms with van der Waals surface area (Å²) >= 11 is 0. The Morgan fingerprint density at radius 2 is 2.07 bits per heavy atom. The zero-order valence-electron chi connectivity index (χ0n) is 9.12. The third-order valence-corrected chi connectivity index (χ3v) is 2.27. The summed E-state index contributed by atoms with van der Waals surface area (Å²) in [5.41, 5.74) is 1.61. The average Bonchev–Trinajstić information content (AvgIpc) is 2.17. The summed E-state index contributed by atoms with van der Waals surface area (Å²) in [7, 11) is 0. The van der Waals surface area contributed by atoms with Crippen LogP contribution in [0.1, 0.15) is 42.1 Å². The molecule has 3 heteroatoms. The van der Waals surface area contributed by atoms with E-state index in [0.717, 1.165) is 5.56 Å². The molecule has 0 radical (unpaired) electrons. The lowest BCUT2D eigenvalue weighted by Gasteiger charge is -2.02. The Balaban J connectivity index is 2.54. The molecule has 0 saturated carbocycles. The molecule has 1 rings (SSSR count). The molecule has 1 heterocycles. The van der Waals surface area contributed by atoms with Gasteiger partial charge in [0.1, 0.15) is 5.78 Å². The Labute approximate surface area is 89.5 Å². The van der Waals surface area contributed by atoms with E-state index in [-0.39, 0.29) is 11.6 Å². The number of hydrogen-bond donors (Lipinski definition) is 0. The summed E-state index contributed by atoms with van der Waals surface area (Å²) in [6.45, 7) is 3.43. The fourth-order valence-electron chi connectivity index (χ4n) is 1.39. The van der Waals surface area contributed by atoms with E-state index < -0.39 is 0 Å². The first kappa shape index (κ1) is 11.6. The van der Waals surface area contributed by atoms with Crippen molar-refractivity contribution in [2.45, 2.75) is 33.1 Å². The molecule has 0 unspecified atom stereocenters. The number of aromatic nitrogens is 1. The normalized spacial score (nSPS) is 10.0.